The van der Waals surface area contributed by atoms with Crippen LogP contribution in [0.3, 0.4) is 0 Å². The number of esters is 1. The number of carboxylic acids is 1. The number of ether oxygens (including phenoxy) is 3. The van der Waals surface area contributed by atoms with E-state index in [1.54, 1.807) is 26.0 Å². The number of hydrogen-bond donors (Lipinski definition) is 5. The van der Waals surface area contributed by atoms with Gasteiger partial charge in [-0.3, -0.25) is 9.59 Å². The molecule has 14 nitrogen and oxygen atoms in total. The summed E-state index contributed by atoms with van der Waals surface area (Å²) in [5, 5.41) is 21.0. The average molecular weight is 1380 g/mol. The van der Waals surface area contributed by atoms with Crippen LogP contribution in [0.15, 0.2) is 77.3 Å². The van der Waals surface area contributed by atoms with Gasteiger partial charge in [-0.1, -0.05) is 70.7 Å². The summed E-state index contributed by atoms with van der Waals surface area (Å²) < 4.78 is 115. The number of nitrogens with one attached hydrogen (secondary N) is 4. The van der Waals surface area contributed by atoms with E-state index in [9.17, 15) is 50.6 Å². The van der Waals surface area contributed by atoms with Crippen molar-refractivity contribution in [1.82, 2.24) is 10.6 Å². The number of carboxylic acid groups (broad SMARTS) is 1. The second-order valence-electron chi connectivity index (χ2n) is 22.7. The fraction of sp³-hybridized carbons (Fsp3) is 0.365. The van der Waals surface area contributed by atoms with Crippen molar-refractivity contribution in [2.45, 2.75) is 129 Å². The second-order valence-corrected chi connectivity index (χ2v) is 25.1. The number of aliphatic carboxylic acids is 1. The van der Waals surface area contributed by atoms with Gasteiger partial charge in [0.2, 0.25) is 0 Å². The summed E-state index contributed by atoms with van der Waals surface area (Å²) in [6.45, 7) is 16.0. The molecule has 476 valence electrons. The smallest absolute Gasteiger partial charge is 0.494 e. The second kappa shape index (κ2) is 29.7. The zero-order valence-corrected chi connectivity index (χ0v) is 54.4. The highest BCUT2D eigenvalue weighted by Crippen LogP contribution is 2.45. The first-order chi connectivity index (χ1) is 41.8. The first kappa shape index (κ1) is 70.1. The van der Waals surface area contributed by atoms with Crippen LogP contribution in [0.2, 0.25) is 20.1 Å². The molecule has 0 aromatic heterocycles. The lowest BCUT2D eigenvalue weighted by Gasteiger charge is -2.32. The van der Waals surface area contributed by atoms with E-state index in [2.05, 4.69) is 37.2 Å². The fourth-order valence-corrected chi connectivity index (χ4v) is 11.3. The molecule has 1 fully saturated rings. The Hall–Kier alpha value is -6.40. The largest absolute Gasteiger partial charge is 0.498 e. The molecular formula is C63H64BBrCl4F6N4O10. The number of carbonyl (C=O) groups is 4. The molecule has 3 aliphatic heterocycles. The van der Waals surface area contributed by atoms with Gasteiger partial charge in [0, 0.05) is 52.9 Å². The molecule has 89 heavy (non-hydrogen) atoms. The van der Waals surface area contributed by atoms with Crippen LogP contribution in [0.25, 0.3) is 11.1 Å². The van der Waals surface area contributed by atoms with Gasteiger partial charge in [-0.15, -0.1) is 0 Å². The third-order valence-electron chi connectivity index (χ3n) is 14.8. The number of fused-ring (bicyclic) bond motifs is 2. The van der Waals surface area contributed by atoms with Crippen LogP contribution in [0, 0.1) is 34.9 Å². The number of halogens is 11. The summed E-state index contributed by atoms with van der Waals surface area (Å²) in [6, 6.07) is 12.8. The Morgan fingerprint density at radius 3 is 1.46 bits per heavy atom. The number of benzene rings is 6. The van der Waals surface area contributed by atoms with Crippen molar-refractivity contribution in [3.8, 4) is 22.6 Å². The molecule has 0 radical (unpaired) electrons. The molecule has 0 spiro atoms. The molecule has 5 N–H and O–H groups in total. The Bertz CT molecular complexity index is 3570. The highest BCUT2D eigenvalue weighted by Gasteiger charge is 2.53. The van der Waals surface area contributed by atoms with Crippen LogP contribution in [0.5, 0.6) is 11.5 Å². The van der Waals surface area contributed by atoms with E-state index >= 15 is 0 Å². The van der Waals surface area contributed by atoms with Crippen molar-refractivity contribution in [1.29, 1.82) is 0 Å². The molecule has 26 heteroatoms. The maximum Gasteiger partial charge on any atom is 0.498 e. The molecule has 6 aromatic rings. The maximum atomic E-state index is 14.8. The molecule has 0 bridgehead atoms. The SMILES string of the molecule is CC(C)Nc1cc(F)c(C(=O)N[C@@H](Cc2ccc(-c3c(Cl)cc(F)cc3Cl)c3c2CCCO3)C(=O)O)c(F)c1.COC(=O)[C@H](Cc1ccc(B2OC(C)(C)C(C)(C)O2)c2c1CCCO2)NC(=O)c1c(F)cc(NC(C)C)cc1F.Fc1cc(Cl)c(Br)c(Cl)c1. The number of methoxy groups -OCH3 is 1. The number of anilines is 2. The van der Waals surface area contributed by atoms with E-state index < -0.39 is 100 Å². The van der Waals surface area contributed by atoms with Gasteiger partial charge in [0.15, 0.2) is 0 Å². The molecule has 6 aromatic carbocycles. The van der Waals surface area contributed by atoms with Crippen LogP contribution in [0.1, 0.15) is 111 Å². The highest BCUT2D eigenvalue weighted by atomic mass is 79.9. The van der Waals surface area contributed by atoms with Crippen molar-refractivity contribution in [3.05, 3.63) is 166 Å². The van der Waals surface area contributed by atoms with Crippen LogP contribution in [0.4, 0.5) is 37.7 Å². The minimum Gasteiger partial charge on any atom is -0.494 e. The molecule has 3 heterocycles. The predicted octanol–water partition coefficient (Wildman–Crippen LogP) is 14.5. The Morgan fingerprint density at radius 1 is 0.618 bits per heavy atom. The lowest BCUT2D eigenvalue weighted by molar-refractivity contribution is -0.143. The van der Waals surface area contributed by atoms with Gasteiger partial charge in [0.25, 0.3) is 11.8 Å². The summed E-state index contributed by atoms with van der Waals surface area (Å²) in [6.07, 6.45) is 2.45. The number of carbonyl (C=O) groups excluding carboxylic acids is 3. The monoisotopic (exact) mass is 1380 g/mol. The van der Waals surface area contributed by atoms with Crippen molar-refractivity contribution in [3.63, 3.8) is 0 Å². The summed E-state index contributed by atoms with van der Waals surface area (Å²) in [4.78, 5) is 50.6. The Balaban J connectivity index is 0.000000219. The van der Waals surface area contributed by atoms with E-state index in [0.29, 0.717) is 70.7 Å². The van der Waals surface area contributed by atoms with Crippen LogP contribution < -0.4 is 36.2 Å². The zero-order valence-electron chi connectivity index (χ0n) is 49.8. The van der Waals surface area contributed by atoms with Crippen molar-refractivity contribution >= 4 is 110 Å². The van der Waals surface area contributed by atoms with Gasteiger partial charge in [-0.25, -0.2) is 35.9 Å². The predicted molar refractivity (Wildman–Crippen MR) is 336 cm³/mol. The van der Waals surface area contributed by atoms with Crippen molar-refractivity contribution in [2.24, 2.45) is 0 Å². The van der Waals surface area contributed by atoms with Crippen molar-refractivity contribution in [2.75, 3.05) is 31.0 Å². The first-order valence-electron chi connectivity index (χ1n) is 28.1. The van der Waals surface area contributed by atoms with Gasteiger partial charge in [0.05, 0.1) is 56.1 Å². The Kier molecular flexibility index (Phi) is 23.4. The molecule has 0 saturated carbocycles. The zero-order chi connectivity index (χ0) is 65.6. The van der Waals surface area contributed by atoms with E-state index in [1.807, 2.05) is 53.7 Å². The molecule has 3 aliphatic rings. The molecule has 0 unspecified atom stereocenters. The minimum atomic E-state index is -1.50. The molecule has 1 saturated heterocycles. The highest BCUT2D eigenvalue weighted by molar-refractivity contribution is 9.10. The summed E-state index contributed by atoms with van der Waals surface area (Å²) in [5.74, 6) is -8.68. The Labute approximate surface area is 540 Å². The number of amides is 2. The maximum absolute atomic E-state index is 14.8. The molecular weight excluding hydrogens is 1320 g/mol. The fourth-order valence-electron chi connectivity index (χ4n) is 9.99. The normalized spacial score (nSPS) is 15.1. The van der Waals surface area contributed by atoms with Gasteiger partial charge in [0.1, 0.15) is 69.6 Å². The van der Waals surface area contributed by atoms with Crippen LogP contribution in [-0.4, -0.2) is 91.7 Å². The summed E-state index contributed by atoms with van der Waals surface area (Å²) in [5.41, 5.74) is 2.09. The van der Waals surface area contributed by atoms with E-state index in [-0.39, 0.29) is 56.4 Å². The number of hydrogen-bond acceptors (Lipinski definition) is 11. The molecule has 0 aliphatic carbocycles. The third kappa shape index (κ3) is 17.0. The number of rotatable bonds is 16. The quantitative estimate of drug-likeness (QED) is 0.0204. The average Bonchev–Trinajstić information content (AvgIpc) is 2.56. The van der Waals surface area contributed by atoms with Gasteiger partial charge < -0.3 is 49.9 Å². The summed E-state index contributed by atoms with van der Waals surface area (Å²) >= 11 is 26.7. The van der Waals surface area contributed by atoms with Crippen LogP contribution in [-0.2, 0) is 49.3 Å². The summed E-state index contributed by atoms with van der Waals surface area (Å²) in [7, 11) is 0.552. The van der Waals surface area contributed by atoms with E-state index in [4.69, 9.17) is 69.9 Å². The standard InChI is InChI=1S/C29H37BF2N2O6.C28H25Cl2F3N2O4.C6H2BrCl2F/c1-16(2)33-18-14-21(31)24(22(32)15-18)26(35)34-23(27(36)37-7)13-17-10-11-20(25-19(17)9-8-12-38-25)30-39-28(3,4)29(5,6)40-30;1-13(2)34-16-11-21(32)25(22(33)12-16)27(36)35-23(28(37)38)8-14-5-6-18(26-17(14)4-3-7-39-26)24-19(29)9-15(31)10-20(24)30;7-6-4(8)1-3(10)2-5(6)9/h10-11,14-16,23,33H,8-9,12-13H2,1-7H3,(H,34,35);5-6,9-13,23,34H,3-4,7-8H2,1-2H3,(H,35,36)(H,37,38);1-2H/t2*23-;/m00./s1. The van der Waals surface area contributed by atoms with Gasteiger partial charge in [-0.05, 0) is 168 Å². The van der Waals surface area contributed by atoms with Gasteiger partial charge >= 0.3 is 19.1 Å². The lowest BCUT2D eigenvalue weighted by atomic mass is 9.75. The third-order valence-corrected chi connectivity index (χ3v) is 17.3. The topological polar surface area (TPSA) is 183 Å². The van der Waals surface area contributed by atoms with Crippen molar-refractivity contribution < 1.29 is 74.1 Å². The van der Waals surface area contributed by atoms with E-state index in [1.165, 1.54) is 19.2 Å². The van der Waals surface area contributed by atoms with Crippen LogP contribution >= 0.6 is 62.3 Å². The Morgan fingerprint density at radius 2 is 1.02 bits per heavy atom. The molecule has 2 amide bonds. The minimum absolute atomic E-state index is 0.0317. The lowest BCUT2D eigenvalue weighted by Crippen LogP contribution is -2.44. The van der Waals surface area contributed by atoms with E-state index in [0.717, 1.165) is 59.4 Å². The molecule has 2 atom stereocenters. The molecule has 9 rings (SSSR count). The van der Waals surface area contributed by atoms with Gasteiger partial charge in [-0.2, -0.15) is 0 Å². The first-order valence-corrected chi connectivity index (χ1v) is 30.4.